The van der Waals surface area contributed by atoms with Crippen LogP contribution in [0, 0.1) is 5.92 Å². The Bertz CT molecular complexity index is 1350. The van der Waals surface area contributed by atoms with Gasteiger partial charge in [-0.15, -0.1) is 0 Å². The fraction of sp³-hybridized carbons (Fsp3) is 0.406. The minimum Gasteiger partial charge on any atom is -0.442 e. The molecule has 214 valence electrons. The molecular weight excluding hydrogens is 502 g/mol. The van der Waals surface area contributed by atoms with E-state index in [0.717, 1.165) is 59.0 Å². The van der Waals surface area contributed by atoms with Crippen molar-refractivity contribution in [3.05, 3.63) is 83.4 Å². The third kappa shape index (κ3) is 7.06. The van der Waals surface area contributed by atoms with Crippen LogP contribution in [0.5, 0.6) is 0 Å². The standard InChI is InChI=1S/C31H39N5O2.CH4O/c1-22-9-10-25(20-33-17-15-24-21-34-28-8-4-3-7-27(24)28)31(35(22)2)23-6-5-18-36(19-16-23)30(37)14-12-26-11-13-29(32)38-26;1-2/h3-4,7-14,21,23,31,33-34H,5-6,15-20,32H2,1-2H3;2H,1H3/b14-12+;. The Morgan fingerprint density at radius 1 is 1.18 bits per heavy atom. The lowest BCUT2D eigenvalue weighted by Crippen LogP contribution is -2.43. The number of aliphatic hydroxyl groups excluding tert-OH is 1. The monoisotopic (exact) mass is 545 g/mol. The van der Waals surface area contributed by atoms with Gasteiger partial charge in [0.25, 0.3) is 0 Å². The summed E-state index contributed by atoms with van der Waals surface area (Å²) < 4.78 is 5.35. The summed E-state index contributed by atoms with van der Waals surface area (Å²) in [6.07, 6.45) is 14.1. The maximum atomic E-state index is 12.9. The number of aromatic nitrogens is 1. The molecule has 0 aliphatic carbocycles. The van der Waals surface area contributed by atoms with E-state index in [4.69, 9.17) is 15.3 Å². The summed E-state index contributed by atoms with van der Waals surface area (Å²) in [5.41, 5.74) is 10.9. The van der Waals surface area contributed by atoms with Crippen molar-refractivity contribution in [2.24, 2.45) is 5.92 Å². The second kappa shape index (κ2) is 14.1. The molecule has 1 fully saturated rings. The number of hydrogen-bond donors (Lipinski definition) is 4. The van der Waals surface area contributed by atoms with Crippen molar-refractivity contribution in [2.45, 2.75) is 38.6 Å². The fourth-order valence-electron chi connectivity index (χ4n) is 5.86. The van der Waals surface area contributed by atoms with Crippen LogP contribution in [0.1, 0.15) is 37.5 Å². The van der Waals surface area contributed by atoms with Gasteiger partial charge in [-0.3, -0.25) is 4.79 Å². The lowest BCUT2D eigenvalue weighted by molar-refractivity contribution is -0.125. The van der Waals surface area contributed by atoms with E-state index in [-0.39, 0.29) is 5.91 Å². The Labute approximate surface area is 237 Å². The van der Waals surface area contributed by atoms with Gasteiger partial charge in [-0.2, -0.15) is 0 Å². The number of likely N-dealkylation sites (N-methyl/N-ethyl adjacent to an activating group) is 1. The number of furan rings is 1. The van der Waals surface area contributed by atoms with Crippen LogP contribution in [0.15, 0.2) is 76.5 Å². The third-order valence-corrected chi connectivity index (χ3v) is 8.04. The Morgan fingerprint density at radius 3 is 2.80 bits per heavy atom. The number of hydrogen-bond acceptors (Lipinski definition) is 6. The normalized spacial score (nSPS) is 19.7. The first-order valence-corrected chi connectivity index (χ1v) is 14.1. The number of carbonyl (C=O) groups excluding carboxylic acids is 1. The summed E-state index contributed by atoms with van der Waals surface area (Å²) in [4.78, 5) is 20.6. The van der Waals surface area contributed by atoms with E-state index in [1.54, 1.807) is 24.3 Å². The molecule has 2 aliphatic heterocycles. The number of amides is 1. The Kier molecular flexibility index (Phi) is 10.3. The first kappa shape index (κ1) is 29.2. The molecule has 2 atom stereocenters. The molecule has 3 aromatic rings. The molecule has 1 amide bonds. The summed E-state index contributed by atoms with van der Waals surface area (Å²) in [7, 11) is 3.21. The van der Waals surface area contributed by atoms with E-state index in [1.807, 2.05) is 4.90 Å². The zero-order valence-corrected chi connectivity index (χ0v) is 23.9. The van der Waals surface area contributed by atoms with Gasteiger partial charge in [-0.25, -0.2) is 0 Å². The number of nitrogens with zero attached hydrogens (tertiary/aromatic N) is 2. The summed E-state index contributed by atoms with van der Waals surface area (Å²) in [5.74, 6) is 1.48. The molecule has 1 aromatic carbocycles. The zero-order chi connectivity index (χ0) is 28.5. The molecule has 0 saturated carbocycles. The number of nitrogens with one attached hydrogen (secondary N) is 2. The molecule has 8 heteroatoms. The second-order valence-corrected chi connectivity index (χ2v) is 10.5. The minimum atomic E-state index is 0.0309. The fourth-order valence-corrected chi connectivity index (χ4v) is 5.86. The number of likely N-dealkylation sites (tertiary alicyclic amines) is 1. The van der Waals surface area contributed by atoms with Gasteiger partial charge in [0, 0.05) is 68.7 Å². The van der Waals surface area contributed by atoms with Crippen LogP contribution in [0.2, 0.25) is 0 Å². The van der Waals surface area contributed by atoms with E-state index in [0.29, 0.717) is 23.6 Å². The van der Waals surface area contributed by atoms with Crippen LogP contribution < -0.4 is 11.1 Å². The van der Waals surface area contributed by atoms with E-state index < -0.39 is 0 Å². The highest BCUT2D eigenvalue weighted by atomic mass is 16.3. The molecule has 5 N–H and O–H groups in total. The van der Waals surface area contributed by atoms with Gasteiger partial charge in [-0.1, -0.05) is 24.3 Å². The first-order valence-electron chi connectivity index (χ1n) is 14.1. The Hall–Kier alpha value is -3.75. The van der Waals surface area contributed by atoms with Crippen molar-refractivity contribution in [3.8, 4) is 0 Å². The van der Waals surface area contributed by atoms with Gasteiger partial charge < -0.3 is 35.4 Å². The maximum absolute atomic E-state index is 12.9. The molecule has 2 unspecified atom stereocenters. The SMILES string of the molecule is CC1=CC=C(CNCCc2c[nH]c3ccccc23)C(C2CCCN(C(=O)/C=C/c3ccc(N)o3)CC2)N1C.CO. The highest BCUT2D eigenvalue weighted by Crippen LogP contribution is 2.32. The number of para-hydroxylation sites is 1. The molecule has 0 bridgehead atoms. The van der Waals surface area contributed by atoms with Crippen LogP contribution in [-0.2, 0) is 11.2 Å². The molecule has 4 heterocycles. The van der Waals surface area contributed by atoms with Crippen LogP contribution in [0.3, 0.4) is 0 Å². The molecule has 2 aromatic heterocycles. The molecule has 5 rings (SSSR count). The van der Waals surface area contributed by atoms with Crippen molar-refractivity contribution in [1.29, 1.82) is 0 Å². The second-order valence-electron chi connectivity index (χ2n) is 10.5. The number of rotatable bonds is 8. The van der Waals surface area contributed by atoms with Gasteiger partial charge in [0.15, 0.2) is 5.88 Å². The molecule has 8 nitrogen and oxygen atoms in total. The molecule has 0 spiro atoms. The number of aromatic amines is 1. The van der Waals surface area contributed by atoms with Crippen molar-refractivity contribution in [2.75, 3.05) is 46.1 Å². The lowest BCUT2D eigenvalue weighted by Gasteiger charge is -2.40. The van der Waals surface area contributed by atoms with Gasteiger partial charge in [0.1, 0.15) is 5.76 Å². The number of H-pyrrole nitrogens is 1. The molecular formula is C32H43N5O3. The number of benzene rings is 1. The van der Waals surface area contributed by atoms with Gasteiger partial charge in [-0.05, 0) is 80.5 Å². The van der Waals surface area contributed by atoms with Crippen LogP contribution in [0.25, 0.3) is 17.0 Å². The van der Waals surface area contributed by atoms with E-state index >= 15 is 0 Å². The number of fused-ring (bicyclic) bond motifs is 1. The predicted octanol–water partition coefficient (Wildman–Crippen LogP) is 4.57. The highest BCUT2D eigenvalue weighted by molar-refractivity contribution is 5.91. The van der Waals surface area contributed by atoms with Crippen molar-refractivity contribution < 1.29 is 14.3 Å². The largest absolute Gasteiger partial charge is 0.442 e. The smallest absolute Gasteiger partial charge is 0.246 e. The minimum absolute atomic E-state index is 0.0309. The number of nitrogen functional groups attached to an aromatic ring is 1. The summed E-state index contributed by atoms with van der Waals surface area (Å²) in [5, 5.41) is 12.0. The average Bonchev–Trinajstić information content (AvgIpc) is 3.50. The number of anilines is 1. The third-order valence-electron chi connectivity index (χ3n) is 8.04. The Morgan fingerprint density at radius 2 is 2.00 bits per heavy atom. The average molecular weight is 546 g/mol. The molecule has 2 aliphatic rings. The maximum Gasteiger partial charge on any atom is 0.246 e. The van der Waals surface area contributed by atoms with E-state index in [2.05, 4.69) is 71.8 Å². The quantitative estimate of drug-likeness (QED) is 0.244. The van der Waals surface area contributed by atoms with Crippen molar-refractivity contribution in [3.63, 3.8) is 0 Å². The number of nitrogens with two attached hydrogens (primary N) is 1. The van der Waals surface area contributed by atoms with Crippen molar-refractivity contribution >= 4 is 28.8 Å². The number of carbonyl (C=O) groups is 1. The van der Waals surface area contributed by atoms with Crippen LogP contribution >= 0.6 is 0 Å². The van der Waals surface area contributed by atoms with Crippen molar-refractivity contribution in [1.82, 2.24) is 20.1 Å². The zero-order valence-electron chi connectivity index (χ0n) is 23.9. The Balaban J connectivity index is 0.00000181. The summed E-state index contributed by atoms with van der Waals surface area (Å²) in [6.45, 7) is 5.54. The number of allylic oxidation sites excluding steroid dienone is 3. The van der Waals surface area contributed by atoms with Gasteiger partial charge in [0.05, 0.1) is 6.04 Å². The highest BCUT2D eigenvalue weighted by Gasteiger charge is 2.32. The summed E-state index contributed by atoms with van der Waals surface area (Å²) >= 11 is 0. The van der Waals surface area contributed by atoms with Gasteiger partial charge in [0.2, 0.25) is 5.91 Å². The molecule has 1 saturated heterocycles. The van der Waals surface area contributed by atoms with Crippen LogP contribution in [0.4, 0.5) is 5.88 Å². The first-order chi connectivity index (χ1) is 19.5. The summed E-state index contributed by atoms with van der Waals surface area (Å²) in [6, 6.07) is 12.3. The van der Waals surface area contributed by atoms with Gasteiger partial charge >= 0.3 is 0 Å². The molecule has 40 heavy (non-hydrogen) atoms. The predicted molar refractivity (Wildman–Crippen MR) is 162 cm³/mol. The van der Waals surface area contributed by atoms with E-state index in [1.165, 1.54) is 27.7 Å². The lowest BCUT2D eigenvalue weighted by atomic mass is 9.84. The molecule has 0 radical (unpaired) electrons. The number of aliphatic hydroxyl groups is 1. The van der Waals surface area contributed by atoms with Crippen LogP contribution in [-0.4, -0.2) is 72.2 Å². The van der Waals surface area contributed by atoms with E-state index in [9.17, 15) is 4.79 Å². The topological polar surface area (TPSA) is 111 Å².